The van der Waals surface area contributed by atoms with E-state index >= 15 is 0 Å². The fourth-order valence-corrected chi connectivity index (χ4v) is 8.13. The highest BCUT2D eigenvalue weighted by Crippen LogP contribution is 2.68. The molecule has 0 amide bonds. The minimum atomic E-state index is -0.722. The van der Waals surface area contributed by atoms with Crippen LogP contribution in [0.15, 0.2) is 47.1 Å². The number of fused-ring (bicyclic) bond motifs is 4. The van der Waals surface area contributed by atoms with Crippen LogP contribution < -0.4 is 4.90 Å². The van der Waals surface area contributed by atoms with E-state index in [4.69, 9.17) is 0 Å². The fourth-order valence-electron chi connectivity index (χ4n) is 8.13. The molecular weight excluding hydrogens is 422 g/mol. The molecule has 0 radical (unpaired) electrons. The molecule has 4 aliphatic rings. The maximum absolute atomic E-state index is 12.3. The van der Waals surface area contributed by atoms with Crippen LogP contribution in [0.4, 0.5) is 5.69 Å². The van der Waals surface area contributed by atoms with Crippen molar-refractivity contribution in [1.29, 1.82) is 0 Å². The topological polar surface area (TPSA) is 60.8 Å². The van der Waals surface area contributed by atoms with Crippen LogP contribution in [0.3, 0.4) is 0 Å². The first-order valence-corrected chi connectivity index (χ1v) is 13.3. The largest absolute Gasteiger partial charge is 0.396 e. The Morgan fingerprint density at radius 3 is 2.56 bits per heavy atom. The maximum atomic E-state index is 12.3. The lowest BCUT2D eigenvalue weighted by molar-refractivity contribution is -0.115. The number of rotatable bonds is 5. The molecule has 1 aromatic rings. The molecule has 1 aromatic carbocycles. The summed E-state index contributed by atoms with van der Waals surface area (Å²) in [6.07, 6.45) is 8.65. The molecule has 4 nitrogen and oxygen atoms in total. The minimum Gasteiger partial charge on any atom is -0.396 e. The number of nitrogens with zero attached hydrogens (tertiary/aromatic N) is 1. The summed E-state index contributed by atoms with van der Waals surface area (Å²) < 4.78 is 0. The van der Waals surface area contributed by atoms with Crippen molar-refractivity contribution >= 4 is 11.5 Å². The van der Waals surface area contributed by atoms with E-state index in [2.05, 4.69) is 57.1 Å². The van der Waals surface area contributed by atoms with E-state index in [1.165, 1.54) is 22.4 Å². The van der Waals surface area contributed by atoms with Crippen molar-refractivity contribution in [3.05, 3.63) is 52.6 Å². The van der Waals surface area contributed by atoms with E-state index in [0.717, 1.165) is 32.1 Å². The minimum absolute atomic E-state index is 0.135. The van der Waals surface area contributed by atoms with E-state index in [-0.39, 0.29) is 23.7 Å². The lowest BCUT2D eigenvalue weighted by Crippen LogP contribution is -2.52. The normalized spacial score (nSPS) is 37.1. The zero-order chi connectivity index (χ0) is 24.3. The zero-order valence-corrected chi connectivity index (χ0v) is 21.3. The molecule has 0 aromatic heterocycles. The number of anilines is 1. The molecule has 184 valence electrons. The van der Waals surface area contributed by atoms with Gasteiger partial charge in [-0.3, -0.25) is 4.79 Å². The van der Waals surface area contributed by atoms with E-state index in [1.807, 2.05) is 6.08 Å². The van der Waals surface area contributed by atoms with Gasteiger partial charge in [-0.25, -0.2) is 0 Å². The number of aliphatic hydroxyl groups is 2. The molecule has 0 spiro atoms. The van der Waals surface area contributed by atoms with Crippen LogP contribution in [-0.4, -0.2) is 42.3 Å². The molecule has 0 heterocycles. The Morgan fingerprint density at radius 1 is 1.15 bits per heavy atom. The van der Waals surface area contributed by atoms with Crippen molar-refractivity contribution in [3.63, 3.8) is 0 Å². The summed E-state index contributed by atoms with van der Waals surface area (Å²) in [7, 11) is 4.14. The van der Waals surface area contributed by atoms with Gasteiger partial charge >= 0.3 is 0 Å². The number of benzene rings is 1. The summed E-state index contributed by atoms with van der Waals surface area (Å²) in [5, 5.41) is 21.5. The van der Waals surface area contributed by atoms with E-state index < -0.39 is 5.60 Å². The molecule has 6 atom stereocenters. The molecule has 2 saturated carbocycles. The Balaban J connectivity index is 1.65. The summed E-state index contributed by atoms with van der Waals surface area (Å²) in [6, 6.07) is 8.99. The van der Waals surface area contributed by atoms with Crippen molar-refractivity contribution in [2.24, 2.45) is 23.2 Å². The molecule has 4 aliphatic carbocycles. The third kappa shape index (κ3) is 3.60. The summed E-state index contributed by atoms with van der Waals surface area (Å²) in [5.41, 5.74) is 5.95. The summed E-state index contributed by atoms with van der Waals surface area (Å²) in [6.45, 7) is 4.77. The monoisotopic (exact) mass is 463 g/mol. The SMILES string of the molecule is C[C@H]1C[C@@H]2C(=C3CCC(=O)C=C31)[C@@H](c1ccc(N(C)C)cc1)C[C@@]1(C)[C@H]2CC[C@@]1(O)CCCO. The average molecular weight is 464 g/mol. The Hall–Kier alpha value is -1.91. The summed E-state index contributed by atoms with van der Waals surface area (Å²) in [5.74, 6) is 1.84. The summed E-state index contributed by atoms with van der Waals surface area (Å²) in [4.78, 5) is 14.5. The quantitative estimate of drug-likeness (QED) is 0.614. The van der Waals surface area contributed by atoms with Crippen molar-refractivity contribution in [2.75, 3.05) is 25.6 Å². The van der Waals surface area contributed by atoms with Gasteiger partial charge < -0.3 is 15.1 Å². The number of allylic oxidation sites excluding steroid dienone is 4. The lowest BCUT2D eigenvalue weighted by atomic mass is 9.50. The molecule has 2 N–H and O–H groups in total. The van der Waals surface area contributed by atoms with E-state index in [0.29, 0.717) is 37.0 Å². The average Bonchev–Trinajstić information content (AvgIpc) is 3.08. The number of carbonyl (C=O) groups excluding carboxylic acids is 1. The second-order valence-electron chi connectivity index (χ2n) is 11.9. The molecule has 0 aliphatic heterocycles. The third-order valence-electron chi connectivity index (χ3n) is 9.97. The highest BCUT2D eigenvalue weighted by molar-refractivity contribution is 5.93. The first-order chi connectivity index (χ1) is 16.2. The second-order valence-corrected chi connectivity index (χ2v) is 11.9. The van der Waals surface area contributed by atoms with Gasteiger partial charge in [0, 0.05) is 44.1 Å². The van der Waals surface area contributed by atoms with Crippen molar-refractivity contribution < 1.29 is 15.0 Å². The first kappa shape index (κ1) is 23.8. The molecular formula is C30H41NO3. The Bertz CT molecular complexity index is 1020. The summed E-state index contributed by atoms with van der Waals surface area (Å²) >= 11 is 0. The predicted molar refractivity (Wildman–Crippen MR) is 137 cm³/mol. The van der Waals surface area contributed by atoms with Crippen LogP contribution in [0.1, 0.15) is 76.7 Å². The number of aliphatic hydroxyl groups excluding tert-OH is 1. The van der Waals surface area contributed by atoms with Gasteiger partial charge in [-0.1, -0.05) is 31.6 Å². The fraction of sp³-hybridized carbons (Fsp3) is 0.633. The number of hydrogen-bond donors (Lipinski definition) is 2. The number of carbonyl (C=O) groups is 1. The molecule has 34 heavy (non-hydrogen) atoms. The number of hydrogen-bond acceptors (Lipinski definition) is 4. The molecule has 0 bridgehead atoms. The van der Waals surface area contributed by atoms with E-state index in [9.17, 15) is 15.0 Å². The highest BCUT2D eigenvalue weighted by Gasteiger charge is 2.62. The van der Waals surface area contributed by atoms with Crippen LogP contribution >= 0.6 is 0 Å². The zero-order valence-electron chi connectivity index (χ0n) is 21.3. The van der Waals surface area contributed by atoms with Crippen molar-refractivity contribution in [2.45, 2.75) is 76.7 Å². The highest BCUT2D eigenvalue weighted by atomic mass is 16.3. The molecule has 4 heteroatoms. The standard InChI is InChI=1S/C30H41NO3/c1-19-16-25-27-12-14-30(34,13-5-15-32)29(27,2)18-26(20-6-8-21(9-7-20)31(3)4)28(25)23-11-10-22(33)17-24(19)23/h6-9,17,19,25-27,32,34H,5,10-16,18H2,1-4H3/t19-,25-,26+,27-,29-,30-/m0/s1. The Kier molecular flexibility index (Phi) is 6.05. The smallest absolute Gasteiger partial charge is 0.156 e. The van der Waals surface area contributed by atoms with Gasteiger partial charge in [-0.2, -0.15) is 0 Å². The van der Waals surface area contributed by atoms with Gasteiger partial charge in [-0.05, 0) is 97.6 Å². The van der Waals surface area contributed by atoms with Gasteiger partial charge in [0.15, 0.2) is 5.78 Å². The lowest BCUT2D eigenvalue weighted by Gasteiger charge is -2.55. The maximum Gasteiger partial charge on any atom is 0.156 e. The molecule has 0 unspecified atom stereocenters. The van der Waals surface area contributed by atoms with Crippen LogP contribution in [0.2, 0.25) is 0 Å². The van der Waals surface area contributed by atoms with Gasteiger partial charge in [-0.15, -0.1) is 0 Å². The van der Waals surface area contributed by atoms with Gasteiger partial charge in [0.05, 0.1) is 5.60 Å². The van der Waals surface area contributed by atoms with Crippen LogP contribution in [-0.2, 0) is 4.79 Å². The van der Waals surface area contributed by atoms with E-state index in [1.54, 1.807) is 5.57 Å². The number of ketones is 1. The Labute approximate surface area is 204 Å². The molecule has 2 fully saturated rings. The van der Waals surface area contributed by atoms with Gasteiger partial charge in [0.25, 0.3) is 0 Å². The third-order valence-corrected chi connectivity index (χ3v) is 9.97. The van der Waals surface area contributed by atoms with Crippen LogP contribution in [0, 0.1) is 23.2 Å². The van der Waals surface area contributed by atoms with Crippen LogP contribution in [0.5, 0.6) is 0 Å². The molecule has 5 rings (SSSR count). The molecule has 0 saturated heterocycles. The first-order valence-electron chi connectivity index (χ1n) is 13.3. The van der Waals surface area contributed by atoms with Gasteiger partial charge in [0.2, 0.25) is 0 Å². The van der Waals surface area contributed by atoms with Gasteiger partial charge in [0.1, 0.15) is 0 Å². The van der Waals surface area contributed by atoms with Crippen molar-refractivity contribution in [1.82, 2.24) is 0 Å². The van der Waals surface area contributed by atoms with Crippen molar-refractivity contribution in [3.8, 4) is 0 Å². The van der Waals surface area contributed by atoms with Crippen LogP contribution in [0.25, 0.3) is 0 Å². The Morgan fingerprint density at radius 2 is 1.88 bits per heavy atom. The second kappa shape index (κ2) is 8.64. The predicted octanol–water partition coefficient (Wildman–Crippen LogP) is 5.40.